The van der Waals surface area contributed by atoms with E-state index in [1.54, 1.807) is 0 Å². The van der Waals surface area contributed by atoms with Crippen LogP contribution in [-0.2, 0) is 6.18 Å². The molecule has 0 spiro atoms. The van der Waals surface area contributed by atoms with Crippen molar-refractivity contribution in [2.24, 2.45) is 0 Å². The van der Waals surface area contributed by atoms with Gasteiger partial charge in [0.15, 0.2) is 0 Å². The molecule has 2 heterocycles. The lowest BCUT2D eigenvalue weighted by atomic mass is 10.1. The van der Waals surface area contributed by atoms with Gasteiger partial charge in [-0.05, 0) is 30.7 Å². The van der Waals surface area contributed by atoms with Gasteiger partial charge in [-0.3, -0.25) is 9.59 Å². The van der Waals surface area contributed by atoms with Crippen LogP contribution in [0.5, 0.6) is 0 Å². The first-order chi connectivity index (χ1) is 10.8. The number of aryl methyl sites for hydroxylation is 1. The fraction of sp³-hybridized carbons (Fsp3) is 0.143. The van der Waals surface area contributed by atoms with E-state index in [0.717, 1.165) is 28.0 Å². The molecule has 9 heteroatoms. The van der Waals surface area contributed by atoms with Crippen LogP contribution >= 0.6 is 11.3 Å². The highest BCUT2D eigenvalue weighted by molar-refractivity contribution is 7.15. The maximum absolute atomic E-state index is 12.5. The number of nitrogens with zero attached hydrogens (tertiary/aromatic N) is 3. The highest BCUT2D eigenvalue weighted by atomic mass is 32.1. The van der Waals surface area contributed by atoms with Crippen molar-refractivity contribution in [2.45, 2.75) is 13.1 Å². The third kappa shape index (κ3) is 2.87. The molecule has 0 aliphatic carbocycles. The second kappa shape index (κ2) is 5.27. The Bertz CT molecular complexity index is 1050. The number of alkyl halides is 3. The molecule has 0 bridgehead atoms. The minimum absolute atomic E-state index is 0.0958. The molecule has 118 valence electrons. The fourth-order valence-electron chi connectivity index (χ4n) is 1.91. The Hall–Kier alpha value is -2.55. The van der Waals surface area contributed by atoms with E-state index in [9.17, 15) is 22.8 Å². The molecule has 0 radical (unpaired) electrons. The smallest absolute Gasteiger partial charge is 0.266 e. The van der Waals surface area contributed by atoms with E-state index in [0.29, 0.717) is 5.56 Å². The third-order valence-corrected chi connectivity index (χ3v) is 4.04. The molecular weight excluding hydrogens is 331 g/mol. The highest BCUT2D eigenvalue weighted by Gasteiger charge is 2.29. The summed E-state index contributed by atoms with van der Waals surface area (Å²) in [5.41, 5.74) is -1.23. The largest absolute Gasteiger partial charge is 0.416 e. The van der Waals surface area contributed by atoms with Crippen LogP contribution in [0, 0.1) is 6.92 Å². The second-order valence-corrected chi connectivity index (χ2v) is 5.74. The summed E-state index contributed by atoms with van der Waals surface area (Å²) in [5.74, 6) is 0. The van der Waals surface area contributed by atoms with Crippen LogP contribution < -0.4 is 15.7 Å². The first-order valence-electron chi connectivity index (χ1n) is 6.35. The minimum Gasteiger partial charge on any atom is -0.266 e. The number of halogens is 3. The topological polar surface area (TPSA) is 64.3 Å². The lowest BCUT2D eigenvalue weighted by Gasteiger charge is -2.05. The molecule has 0 saturated carbocycles. The molecule has 0 aliphatic heterocycles. The number of thiazole rings is 1. The first-order valence-corrected chi connectivity index (χ1v) is 7.17. The quantitative estimate of drug-likeness (QED) is 0.672. The van der Waals surface area contributed by atoms with Crippen molar-refractivity contribution in [3.63, 3.8) is 0 Å². The molecule has 0 atom stereocenters. The number of fused-ring (bicyclic) bond motifs is 1. The van der Waals surface area contributed by atoms with Gasteiger partial charge in [0.2, 0.25) is 4.96 Å². The summed E-state index contributed by atoms with van der Waals surface area (Å²) in [4.78, 5) is 27.5. The van der Waals surface area contributed by atoms with Gasteiger partial charge in [-0.25, -0.2) is 0 Å². The van der Waals surface area contributed by atoms with Gasteiger partial charge in [-0.15, -0.1) is 0 Å². The van der Waals surface area contributed by atoms with Gasteiger partial charge in [-0.1, -0.05) is 23.5 Å². The van der Waals surface area contributed by atoms with Gasteiger partial charge < -0.3 is 0 Å². The third-order valence-electron chi connectivity index (χ3n) is 3.08. The van der Waals surface area contributed by atoms with Crippen molar-refractivity contribution in [1.82, 2.24) is 14.6 Å². The molecule has 3 rings (SSSR count). The second-order valence-electron chi connectivity index (χ2n) is 4.73. The van der Waals surface area contributed by atoms with E-state index in [1.165, 1.54) is 25.1 Å². The van der Waals surface area contributed by atoms with Crippen molar-refractivity contribution in [3.05, 3.63) is 66.3 Å². The lowest BCUT2D eigenvalue weighted by Crippen LogP contribution is -2.27. The molecule has 0 aliphatic rings. The van der Waals surface area contributed by atoms with E-state index < -0.39 is 22.9 Å². The minimum atomic E-state index is -4.41. The van der Waals surface area contributed by atoms with E-state index >= 15 is 0 Å². The van der Waals surface area contributed by atoms with Crippen molar-refractivity contribution in [1.29, 1.82) is 0 Å². The van der Waals surface area contributed by atoms with Crippen LogP contribution in [0.25, 0.3) is 11.0 Å². The average Bonchev–Trinajstić information content (AvgIpc) is 2.76. The van der Waals surface area contributed by atoms with Gasteiger partial charge in [0, 0.05) is 0 Å². The Balaban J connectivity index is 2.13. The standard InChI is InChI=1S/C14H8F3N3O2S/c1-7-11(21)18-13-20(19-7)12(22)10(23-13)6-8-2-4-9(5-3-8)14(15,16)17/h2-6H,1H3. The van der Waals surface area contributed by atoms with E-state index in [1.807, 2.05) is 0 Å². The number of hydrogen-bond donors (Lipinski definition) is 0. The summed E-state index contributed by atoms with van der Waals surface area (Å²) in [7, 11) is 0. The molecular formula is C14H8F3N3O2S. The van der Waals surface area contributed by atoms with Crippen LogP contribution in [0.2, 0.25) is 0 Å². The summed E-state index contributed by atoms with van der Waals surface area (Å²) in [5, 5.41) is 3.85. The summed E-state index contributed by atoms with van der Waals surface area (Å²) in [6.07, 6.45) is -2.98. The van der Waals surface area contributed by atoms with E-state index in [-0.39, 0.29) is 15.2 Å². The van der Waals surface area contributed by atoms with Crippen molar-refractivity contribution < 1.29 is 13.2 Å². The Labute approximate surface area is 130 Å². The molecule has 0 N–H and O–H groups in total. The van der Waals surface area contributed by atoms with Crippen LogP contribution in [0.3, 0.4) is 0 Å². The summed E-state index contributed by atoms with van der Waals surface area (Å²) >= 11 is 0.950. The molecule has 2 aromatic heterocycles. The van der Waals surface area contributed by atoms with Crippen LogP contribution in [-0.4, -0.2) is 14.6 Å². The predicted octanol–water partition coefficient (Wildman–Crippen LogP) is 1.39. The molecule has 0 amide bonds. The van der Waals surface area contributed by atoms with Gasteiger partial charge >= 0.3 is 6.18 Å². The molecule has 1 aromatic carbocycles. The van der Waals surface area contributed by atoms with Gasteiger partial charge in [0.05, 0.1) is 10.1 Å². The highest BCUT2D eigenvalue weighted by Crippen LogP contribution is 2.29. The Morgan fingerprint density at radius 1 is 1.17 bits per heavy atom. The Morgan fingerprint density at radius 3 is 2.43 bits per heavy atom. The zero-order valence-corrected chi connectivity index (χ0v) is 12.4. The van der Waals surface area contributed by atoms with Crippen LogP contribution in [0.1, 0.15) is 16.8 Å². The Kier molecular flexibility index (Phi) is 3.52. The average molecular weight is 339 g/mol. The predicted molar refractivity (Wildman–Crippen MR) is 78.4 cm³/mol. The number of rotatable bonds is 1. The van der Waals surface area contributed by atoms with Crippen LogP contribution in [0.15, 0.2) is 33.9 Å². The maximum Gasteiger partial charge on any atom is 0.416 e. The summed E-state index contributed by atoms with van der Waals surface area (Å²) in [6, 6.07) is 4.41. The zero-order chi connectivity index (χ0) is 16.8. The van der Waals surface area contributed by atoms with E-state index in [2.05, 4.69) is 10.1 Å². The molecule has 0 fully saturated rings. The fourth-order valence-corrected chi connectivity index (χ4v) is 2.81. The molecule has 23 heavy (non-hydrogen) atoms. The maximum atomic E-state index is 12.5. The van der Waals surface area contributed by atoms with Crippen LogP contribution in [0.4, 0.5) is 13.2 Å². The van der Waals surface area contributed by atoms with Crippen molar-refractivity contribution >= 4 is 22.4 Å². The SMILES string of the molecule is Cc1nn2c(=O)c(=Cc3ccc(C(F)(F)F)cc3)sc2nc1=O. The number of hydrogen-bond acceptors (Lipinski definition) is 5. The molecule has 3 aromatic rings. The van der Waals surface area contributed by atoms with Crippen molar-refractivity contribution in [3.8, 4) is 0 Å². The monoisotopic (exact) mass is 339 g/mol. The molecule has 0 unspecified atom stereocenters. The first kappa shape index (κ1) is 15.3. The summed E-state index contributed by atoms with van der Waals surface area (Å²) < 4.78 is 38.8. The summed E-state index contributed by atoms with van der Waals surface area (Å²) in [6.45, 7) is 1.44. The number of benzene rings is 1. The normalized spacial score (nSPS) is 13.0. The molecule has 5 nitrogen and oxygen atoms in total. The van der Waals surface area contributed by atoms with E-state index in [4.69, 9.17) is 0 Å². The molecule has 0 saturated heterocycles. The van der Waals surface area contributed by atoms with Gasteiger partial charge in [0.25, 0.3) is 11.1 Å². The lowest BCUT2D eigenvalue weighted by molar-refractivity contribution is -0.137. The van der Waals surface area contributed by atoms with Crippen molar-refractivity contribution in [2.75, 3.05) is 0 Å². The van der Waals surface area contributed by atoms with Gasteiger partial charge in [-0.2, -0.15) is 27.8 Å². The Morgan fingerprint density at radius 2 is 1.83 bits per heavy atom. The zero-order valence-electron chi connectivity index (χ0n) is 11.6. The van der Waals surface area contributed by atoms with Gasteiger partial charge in [0.1, 0.15) is 5.69 Å². The number of aromatic nitrogens is 3.